The molecule has 154 valence electrons. The lowest BCUT2D eigenvalue weighted by molar-refractivity contribution is -0.139. The van der Waals surface area contributed by atoms with Crippen LogP contribution in [0.4, 0.5) is 4.39 Å². The number of aliphatic carboxylic acids is 1. The molecule has 0 aromatic heterocycles. The van der Waals surface area contributed by atoms with Crippen molar-refractivity contribution >= 4 is 46.7 Å². The average molecular weight is 494 g/mol. The fourth-order valence-electron chi connectivity index (χ4n) is 3.60. The number of hydrogen-bond donors (Lipinski definition) is 1. The summed E-state index contributed by atoms with van der Waals surface area (Å²) in [5, 5.41) is 9.08. The maximum Gasteiger partial charge on any atom is 0.317 e. The molecule has 1 aliphatic rings. The SMILES string of the molecule is CC1CN([C@H](c2ccc(F)cc2)c2cccc(Br)c2)CCN1CC(=O)O.Cl.Cl. The van der Waals surface area contributed by atoms with Gasteiger partial charge in [0, 0.05) is 30.1 Å². The Morgan fingerprint density at radius 1 is 1.18 bits per heavy atom. The monoisotopic (exact) mass is 492 g/mol. The molecule has 0 radical (unpaired) electrons. The van der Waals surface area contributed by atoms with Crippen molar-refractivity contribution in [2.45, 2.75) is 19.0 Å². The van der Waals surface area contributed by atoms with Crippen LogP contribution in [0.15, 0.2) is 53.0 Å². The fourth-order valence-corrected chi connectivity index (χ4v) is 4.02. The third kappa shape index (κ3) is 6.16. The van der Waals surface area contributed by atoms with Gasteiger partial charge in [-0.2, -0.15) is 0 Å². The molecule has 8 heteroatoms. The topological polar surface area (TPSA) is 43.8 Å². The summed E-state index contributed by atoms with van der Waals surface area (Å²) < 4.78 is 14.4. The molecule has 1 saturated heterocycles. The molecule has 1 heterocycles. The van der Waals surface area contributed by atoms with Crippen LogP contribution in [-0.2, 0) is 4.79 Å². The van der Waals surface area contributed by atoms with Crippen molar-refractivity contribution in [3.63, 3.8) is 0 Å². The lowest BCUT2D eigenvalue weighted by Crippen LogP contribution is -2.54. The smallest absolute Gasteiger partial charge is 0.317 e. The number of carbonyl (C=O) groups is 1. The van der Waals surface area contributed by atoms with Crippen LogP contribution in [0, 0.1) is 5.82 Å². The lowest BCUT2D eigenvalue weighted by Gasteiger charge is -2.43. The minimum Gasteiger partial charge on any atom is -0.480 e. The van der Waals surface area contributed by atoms with Gasteiger partial charge in [0.1, 0.15) is 5.82 Å². The van der Waals surface area contributed by atoms with E-state index < -0.39 is 5.97 Å². The Morgan fingerprint density at radius 2 is 1.86 bits per heavy atom. The highest BCUT2D eigenvalue weighted by molar-refractivity contribution is 9.10. The molecule has 1 aliphatic heterocycles. The second kappa shape index (κ2) is 11.1. The van der Waals surface area contributed by atoms with Gasteiger partial charge in [-0.25, -0.2) is 4.39 Å². The van der Waals surface area contributed by atoms with Gasteiger partial charge in [0.25, 0.3) is 0 Å². The summed E-state index contributed by atoms with van der Waals surface area (Å²) in [5.41, 5.74) is 2.16. The first-order chi connectivity index (χ1) is 12.4. The molecule has 2 aromatic rings. The summed E-state index contributed by atoms with van der Waals surface area (Å²) >= 11 is 3.54. The molecule has 3 rings (SSSR count). The summed E-state index contributed by atoms with van der Waals surface area (Å²) in [6, 6.07) is 14.9. The summed E-state index contributed by atoms with van der Waals surface area (Å²) in [6.45, 7) is 4.32. The molecule has 0 bridgehead atoms. The average Bonchev–Trinajstić information content (AvgIpc) is 2.59. The molecular formula is C20H24BrCl2FN2O2. The number of rotatable bonds is 5. The Morgan fingerprint density at radius 3 is 2.43 bits per heavy atom. The van der Waals surface area contributed by atoms with Crippen LogP contribution in [0.3, 0.4) is 0 Å². The van der Waals surface area contributed by atoms with E-state index in [2.05, 4.69) is 39.9 Å². The van der Waals surface area contributed by atoms with E-state index in [1.807, 2.05) is 29.2 Å². The van der Waals surface area contributed by atoms with Crippen LogP contribution in [-0.4, -0.2) is 53.1 Å². The second-order valence-corrected chi connectivity index (χ2v) is 7.63. The van der Waals surface area contributed by atoms with Crippen molar-refractivity contribution in [2.24, 2.45) is 0 Å². The first-order valence-electron chi connectivity index (χ1n) is 8.65. The number of benzene rings is 2. The van der Waals surface area contributed by atoms with Gasteiger partial charge >= 0.3 is 5.97 Å². The Balaban J connectivity index is 0.00000196. The highest BCUT2D eigenvalue weighted by atomic mass is 79.9. The first kappa shape index (κ1) is 24.9. The number of hydrogen-bond acceptors (Lipinski definition) is 3. The van der Waals surface area contributed by atoms with Gasteiger partial charge in [0.15, 0.2) is 0 Å². The van der Waals surface area contributed by atoms with Crippen LogP contribution in [0.25, 0.3) is 0 Å². The van der Waals surface area contributed by atoms with Crippen LogP contribution in [0.5, 0.6) is 0 Å². The molecule has 1 unspecified atom stereocenters. The Bertz CT molecular complexity index is 779. The highest BCUT2D eigenvalue weighted by Gasteiger charge is 2.31. The van der Waals surface area contributed by atoms with Crippen molar-refractivity contribution in [2.75, 3.05) is 26.2 Å². The normalized spacial score (nSPS) is 18.6. The summed E-state index contributed by atoms with van der Waals surface area (Å²) in [6.07, 6.45) is 0. The van der Waals surface area contributed by atoms with Gasteiger partial charge in [-0.05, 0) is 42.3 Å². The molecule has 1 fully saturated rings. The van der Waals surface area contributed by atoms with Crippen LogP contribution in [0.2, 0.25) is 0 Å². The Kier molecular flexibility index (Phi) is 9.87. The minimum absolute atomic E-state index is 0. The van der Waals surface area contributed by atoms with Gasteiger partial charge in [-0.1, -0.05) is 40.2 Å². The van der Waals surface area contributed by atoms with Crippen LogP contribution < -0.4 is 0 Å². The zero-order valence-electron chi connectivity index (χ0n) is 15.4. The van der Waals surface area contributed by atoms with Crippen LogP contribution in [0.1, 0.15) is 24.1 Å². The second-order valence-electron chi connectivity index (χ2n) is 6.72. The molecule has 0 amide bonds. The third-order valence-electron chi connectivity index (χ3n) is 4.85. The minimum atomic E-state index is -0.799. The molecule has 0 saturated carbocycles. The zero-order chi connectivity index (χ0) is 18.7. The number of halogens is 4. The van der Waals surface area contributed by atoms with E-state index in [0.717, 1.165) is 28.7 Å². The quantitative estimate of drug-likeness (QED) is 0.660. The highest BCUT2D eigenvalue weighted by Crippen LogP contribution is 2.32. The van der Waals surface area contributed by atoms with Gasteiger partial charge in [-0.3, -0.25) is 14.6 Å². The van der Waals surface area contributed by atoms with E-state index in [-0.39, 0.29) is 49.3 Å². The molecule has 28 heavy (non-hydrogen) atoms. The van der Waals surface area contributed by atoms with Crippen molar-refractivity contribution in [1.29, 1.82) is 0 Å². The molecule has 4 nitrogen and oxygen atoms in total. The van der Waals surface area contributed by atoms with Gasteiger partial charge in [0.05, 0.1) is 12.6 Å². The molecule has 0 spiro atoms. The van der Waals surface area contributed by atoms with Crippen molar-refractivity contribution in [1.82, 2.24) is 9.80 Å². The molecule has 2 atom stereocenters. The van der Waals surface area contributed by atoms with E-state index in [1.54, 1.807) is 0 Å². The zero-order valence-corrected chi connectivity index (χ0v) is 18.6. The predicted octanol–water partition coefficient (Wildman–Crippen LogP) is 4.61. The molecule has 0 aliphatic carbocycles. The number of nitrogens with zero attached hydrogens (tertiary/aromatic N) is 2. The number of piperazine rings is 1. The molecule has 2 aromatic carbocycles. The summed E-state index contributed by atoms with van der Waals surface area (Å²) in [5.74, 6) is -1.05. The van der Waals surface area contributed by atoms with E-state index in [4.69, 9.17) is 5.11 Å². The van der Waals surface area contributed by atoms with Gasteiger partial charge in [-0.15, -0.1) is 24.8 Å². The predicted molar refractivity (Wildman–Crippen MR) is 117 cm³/mol. The third-order valence-corrected chi connectivity index (χ3v) is 5.34. The number of carboxylic acids is 1. The standard InChI is InChI=1S/C20H22BrFN2O2.2ClH/c1-14-12-24(10-9-23(14)13-19(25)26)20(15-5-7-18(22)8-6-15)16-3-2-4-17(21)11-16;;/h2-8,11,14,20H,9-10,12-13H2,1H3,(H,25,26);2*1H/t14?,20-;;/m1../s1. The largest absolute Gasteiger partial charge is 0.480 e. The fraction of sp³-hybridized carbons (Fsp3) is 0.350. The molecule has 1 N–H and O–H groups in total. The summed E-state index contributed by atoms with van der Waals surface area (Å²) in [4.78, 5) is 15.4. The maximum atomic E-state index is 13.4. The lowest BCUT2D eigenvalue weighted by atomic mass is 9.95. The Labute approximate surface area is 185 Å². The van der Waals surface area contributed by atoms with E-state index in [9.17, 15) is 9.18 Å². The number of carboxylic acid groups (broad SMARTS) is 1. The van der Waals surface area contributed by atoms with Gasteiger partial charge in [0.2, 0.25) is 0 Å². The van der Waals surface area contributed by atoms with Crippen LogP contribution >= 0.6 is 40.7 Å². The maximum absolute atomic E-state index is 13.4. The van der Waals surface area contributed by atoms with Crippen molar-refractivity contribution in [3.05, 3.63) is 69.9 Å². The van der Waals surface area contributed by atoms with Crippen molar-refractivity contribution < 1.29 is 14.3 Å². The molecular weight excluding hydrogens is 470 g/mol. The van der Waals surface area contributed by atoms with E-state index in [0.29, 0.717) is 6.54 Å². The summed E-state index contributed by atoms with van der Waals surface area (Å²) in [7, 11) is 0. The van der Waals surface area contributed by atoms with Crippen molar-refractivity contribution in [3.8, 4) is 0 Å². The Hall–Kier alpha value is -1.18. The van der Waals surface area contributed by atoms with E-state index in [1.165, 1.54) is 12.1 Å². The van der Waals surface area contributed by atoms with Gasteiger partial charge < -0.3 is 5.11 Å². The first-order valence-corrected chi connectivity index (χ1v) is 9.44. The van der Waals surface area contributed by atoms with E-state index >= 15 is 0 Å².